The first-order valence-electron chi connectivity index (χ1n) is 8.33. The molecule has 1 saturated heterocycles. The minimum atomic E-state index is -0.816. The number of hydrogen-bond donors (Lipinski definition) is 1. The van der Waals surface area contributed by atoms with Gasteiger partial charge >= 0.3 is 6.03 Å². The fourth-order valence-corrected chi connectivity index (χ4v) is 3.51. The normalized spacial score (nSPS) is 19.1. The summed E-state index contributed by atoms with van der Waals surface area (Å²) in [7, 11) is 0. The van der Waals surface area contributed by atoms with Crippen LogP contribution in [-0.2, 0) is 11.3 Å². The molecular weight excluding hydrogens is 387 g/mol. The minimum Gasteiger partial charge on any atom is -0.283 e. The average Bonchev–Trinajstić information content (AvgIpc) is 2.97. The summed E-state index contributed by atoms with van der Waals surface area (Å²) in [6.45, 7) is 2.10. The summed E-state index contributed by atoms with van der Waals surface area (Å²) in [5.41, 5.74) is 5.25. The van der Waals surface area contributed by atoms with Gasteiger partial charge in [0.25, 0.3) is 5.91 Å². The van der Waals surface area contributed by atoms with Crippen molar-refractivity contribution in [1.82, 2.24) is 15.3 Å². The average molecular weight is 403 g/mol. The molecule has 0 spiro atoms. The summed E-state index contributed by atoms with van der Waals surface area (Å²) in [5, 5.41) is 2.53. The van der Waals surface area contributed by atoms with Crippen LogP contribution in [0.15, 0.2) is 54.9 Å². The predicted octanol–water partition coefficient (Wildman–Crippen LogP) is 3.89. The lowest BCUT2D eigenvalue weighted by Crippen LogP contribution is -2.51. The van der Waals surface area contributed by atoms with Crippen molar-refractivity contribution in [3.8, 4) is 0 Å². The predicted molar refractivity (Wildman–Crippen MR) is 104 cm³/mol. The Morgan fingerprint density at radius 2 is 1.74 bits per heavy atom. The number of fused-ring (bicyclic) bond motifs is 1. The Labute approximate surface area is 166 Å². The molecule has 2 aliphatic rings. The van der Waals surface area contributed by atoms with Crippen molar-refractivity contribution in [2.24, 2.45) is 0 Å². The number of halogens is 2. The van der Waals surface area contributed by atoms with E-state index in [0.29, 0.717) is 15.7 Å². The zero-order valence-electron chi connectivity index (χ0n) is 14.4. The molecule has 4 rings (SSSR count). The first kappa shape index (κ1) is 17.9. The van der Waals surface area contributed by atoms with Gasteiger partial charge in [0.05, 0.1) is 12.2 Å². The maximum absolute atomic E-state index is 13.0. The van der Waals surface area contributed by atoms with Crippen LogP contribution in [0.25, 0.3) is 0 Å². The maximum atomic E-state index is 13.0. The molecule has 2 heterocycles. The van der Waals surface area contributed by atoms with E-state index in [1.807, 2.05) is 31.2 Å². The number of rotatable bonds is 3. The monoisotopic (exact) mass is 402 g/mol. The van der Waals surface area contributed by atoms with E-state index < -0.39 is 6.17 Å². The molecule has 8 heteroatoms. The topological polar surface area (TPSA) is 55.9 Å². The molecule has 0 aliphatic carbocycles. The molecular formula is C19H16Cl2N4O2. The fraction of sp³-hybridized carbons (Fsp3) is 0.158. The molecule has 0 aromatic heterocycles. The number of anilines is 1. The Balaban J connectivity index is 1.59. The molecule has 3 amide bonds. The van der Waals surface area contributed by atoms with Crippen LogP contribution in [0.1, 0.15) is 11.1 Å². The Hall–Kier alpha value is -2.54. The number of benzene rings is 2. The third-order valence-electron chi connectivity index (χ3n) is 4.64. The molecule has 1 atom stereocenters. The Bertz CT molecular complexity index is 962. The summed E-state index contributed by atoms with van der Waals surface area (Å²) in [4.78, 5) is 28.5. The number of amides is 3. The van der Waals surface area contributed by atoms with Crippen molar-refractivity contribution in [3.63, 3.8) is 0 Å². The molecule has 2 aromatic carbocycles. The summed E-state index contributed by atoms with van der Waals surface area (Å²) >= 11 is 12.4. The van der Waals surface area contributed by atoms with Gasteiger partial charge in [0.1, 0.15) is 0 Å². The smallest absolute Gasteiger partial charge is 0.283 e. The van der Waals surface area contributed by atoms with Crippen LogP contribution in [0.3, 0.4) is 0 Å². The second-order valence-corrected chi connectivity index (χ2v) is 7.10. The van der Waals surface area contributed by atoms with Crippen molar-refractivity contribution in [2.75, 3.05) is 4.90 Å². The number of carbonyl (C=O) groups excluding carboxylic acids is 2. The van der Waals surface area contributed by atoms with E-state index in [-0.39, 0.29) is 18.5 Å². The highest BCUT2D eigenvalue weighted by Crippen LogP contribution is 2.31. The molecule has 6 nitrogen and oxygen atoms in total. The van der Waals surface area contributed by atoms with Crippen molar-refractivity contribution < 1.29 is 9.59 Å². The van der Waals surface area contributed by atoms with Crippen LogP contribution in [0.4, 0.5) is 10.5 Å². The van der Waals surface area contributed by atoms with E-state index in [1.54, 1.807) is 30.6 Å². The molecule has 2 aromatic rings. The molecule has 2 aliphatic heterocycles. The number of hydrazine groups is 1. The first-order valence-corrected chi connectivity index (χ1v) is 9.09. The highest BCUT2D eigenvalue weighted by molar-refractivity contribution is 6.32. The standard InChI is InChI=1S/C19H16Cl2N4O2/c1-12-14(20)7-4-8-16(12)23-9-10-24-17(18(23)26)22-25(19(24)27)11-13-5-2-3-6-15(13)21/h2-10,17,22H,11H2,1H3. The highest BCUT2D eigenvalue weighted by atomic mass is 35.5. The lowest BCUT2D eigenvalue weighted by molar-refractivity contribution is -0.122. The summed E-state index contributed by atoms with van der Waals surface area (Å²) in [6, 6.07) is 12.3. The van der Waals surface area contributed by atoms with Crippen LogP contribution in [0.5, 0.6) is 0 Å². The number of urea groups is 1. The van der Waals surface area contributed by atoms with Crippen molar-refractivity contribution in [2.45, 2.75) is 19.6 Å². The van der Waals surface area contributed by atoms with Gasteiger partial charge in [-0.3, -0.25) is 19.6 Å². The molecule has 138 valence electrons. The highest BCUT2D eigenvalue weighted by Gasteiger charge is 2.44. The lowest BCUT2D eigenvalue weighted by Gasteiger charge is -2.30. The van der Waals surface area contributed by atoms with E-state index in [0.717, 1.165) is 11.1 Å². The second kappa shape index (κ2) is 6.88. The van der Waals surface area contributed by atoms with Gasteiger partial charge in [-0.2, -0.15) is 5.43 Å². The van der Waals surface area contributed by atoms with E-state index in [4.69, 9.17) is 23.2 Å². The van der Waals surface area contributed by atoms with Gasteiger partial charge in [0.15, 0.2) is 6.17 Å². The van der Waals surface area contributed by atoms with E-state index >= 15 is 0 Å². The first-order chi connectivity index (χ1) is 13.0. The van der Waals surface area contributed by atoms with Gasteiger partial charge < -0.3 is 0 Å². The summed E-state index contributed by atoms with van der Waals surface area (Å²) < 4.78 is 0. The number of carbonyl (C=O) groups is 2. The Morgan fingerprint density at radius 3 is 2.52 bits per heavy atom. The summed E-state index contributed by atoms with van der Waals surface area (Å²) in [5.74, 6) is -0.266. The van der Waals surface area contributed by atoms with Crippen molar-refractivity contribution >= 4 is 40.8 Å². The van der Waals surface area contributed by atoms with Crippen LogP contribution < -0.4 is 10.3 Å². The van der Waals surface area contributed by atoms with Gasteiger partial charge in [0.2, 0.25) is 0 Å². The SMILES string of the molecule is Cc1c(Cl)cccc1N1C=CN2C(=O)N(Cc3ccccc3Cl)NC2C1=O. The van der Waals surface area contributed by atoms with Crippen LogP contribution in [0, 0.1) is 6.92 Å². The molecule has 1 unspecified atom stereocenters. The van der Waals surface area contributed by atoms with Gasteiger partial charge in [-0.15, -0.1) is 0 Å². The molecule has 0 bridgehead atoms. The molecule has 27 heavy (non-hydrogen) atoms. The van der Waals surface area contributed by atoms with E-state index in [2.05, 4.69) is 5.43 Å². The molecule has 0 saturated carbocycles. The fourth-order valence-electron chi connectivity index (χ4n) is 3.15. The van der Waals surface area contributed by atoms with Gasteiger partial charge in [-0.1, -0.05) is 47.5 Å². The zero-order valence-corrected chi connectivity index (χ0v) is 15.9. The zero-order chi connectivity index (χ0) is 19.1. The van der Waals surface area contributed by atoms with E-state index in [9.17, 15) is 9.59 Å². The number of nitrogens with zero attached hydrogens (tertiary/aromatic N) is 3. The summed E-state index contributed by atoms with van der Waals surface area (Å²) in [6.07, 6.45) is 2.35. The number of nitrogens with one attached hydrogen (secondary N) is 1. The third kappa shape index (κ3) is 3.06. The minimum absolute atomic E-state index is 0.253. The number of hydrogen-bond acceptors (Lipinski definition) is 3. The third-order valence-corrected chi connectivity index (χ3v) is 5.42. The molecule has 1 N–H and O–H groups in total. The largest absolute Gasteiger partial charge is 0.340 e. The van der Waals surface area contributed by atoms with Crippen LogP contribution in [0.2, 0.25) is 10.0 Å². The maximum Gasteiger partial charge on any atom is 0.340 e. The molecule has 0 radical (unpaired) electrons. The van der Waals surface area contributed by atoms with E-state index in [1.165, 1.54) is 14.8 Å². The van der Waals surface area contributed by atoms with Crippen LogP contribution >= 0.6 is 23.2 Å². The van der Waals surface area contributed by atoms with Gasteiger partial charge in [-0.25, -0.2) is 4.79 Å². The second-order valence-electron chi connectivity index (χ2n) is 6.29. The van der Waals surface area contributed by atoms with Crippen LogP contribution in [-0.4, -0.2) is 28.0 Å². The molecule has 1 fully saturated rings. The Morgan fingerprint density at radius 1 is 1.00 bits per heavy atom. The Kier molecular flexibility index (Phi) is 4.55. The lowest BCUT2D eigenvalue weighted by atomic mass is 10.1. The quantitative estimate of drug-likeness (QED) is 0.846. The van der Waals surface area contributed by atoms with Gasteiger partial charge in [0, 0.05) is 22.4 Å². The van der Waals surface area contributed by atoms with Crippen molar-refractivity contribution in [1.29, 1.82) is 0 Å². The van der Waals surface area contributed by atoms with Gasteiger partial charge in [-0.05, 0) is 36.2 Å². The van der Waals surface area contributed by atoms with Crippen molar-refractivity contribution in [3.05, 3.63) is 76.0 Å².